The van der Waals surface area contributed by atoms with Crippen molar-refractivity contribution in [3.8, 4) is 0 Å². The molecule has 0 spiro atoms. The molecule has 16 heavy (non-hydrogen) atoms. The highest BCUT2D eigenvalue weighted by molar-refractivity contribution is 6.35. The van der Waals surface area contributed by atoms with Gasteiger partial charge in [-0.1, -0.05) is 23.2 Å². The minimum atomic E-state index is -0.589. The van der Waals surface area contributed by atoms with E-state index >= 15 is 0 Å². The van der Waals surface area contributed by atoms with Crippen molar-refractivity contribution in [2.45, 2.75) is 6.54 Å². The number of hydrogen-bond acceptors (Lipinski definition) is 1. The van der Waals surface area contributed by atoms with E-state index in [9.17, 15) is 4.39 Å². The van der Waals surface area contributed by atoms with Crippen LogP contribution in [-0.4, -0.2) is 4.98 Å². The summed E-state index contributed by atoms with van der Waals surface area (Å²) in [5.74, 6) is -0.589. The zero-order valence-corrected chi connectivity index (χ0v) is 9.74. The van der Waals surface area contributed by atoms with Crippen molar-refractivity contribution in [1.29, 1.82) is 0 Å². The van der Waals surface area contributed by atoms with E-state index in [2.05, 4.69) is 10.3 Å². The van der Waals surface area contributed by atoms with Gasteiger partial charge < -0.3 is 10.3 Å². The normalized spacial score (nSPS) is 10.4. The van der Waals surface area contributed by atoms with Crippen molar-refractivity contribution in [2.24, 2.45) is 0 Å². The van der Waals surface area contributed by atoms with E-state index < -0.39 is 5.82 Å². The Balaban J connectivity index is 2.10. The van der Waals surface area contributed by atoms with Gasteiger partial charge in [0.15, 0.2) is 5.82 Å². The number of aromatic nitrogens is 1. The van der Waals surface area contributed by atoms with Crippen molar-refractivity contribution in [1.82, 2.24) is 4.98 Å². The van der Waals surface area contributed by atoms with E-state index in [1.54, 1.807) is 0 Å². The lowest BCUT2D eigenvalue weighted by atomic mass is 10.3. The number of hydrogen-bond donors (Lipinski definition) is 2. The van der Waals surface area contributed by atoms with Crippen LogP contribution in [-0.2, 0) is 6.54 Å². The molecule has 2 nitrogen and oxygen atoms in total. The Kier molecular flexibility index (Phi) is 3.36. The Morgan fingerprint density at radius 2 is 1.94 bits per heavy atom. The molecule has 84 valence electrons. The first-order valence-corrected chi connectivity index (χ1v) is 5.43. The van der Waals surface area contributed by atoms with Gasteiger partial charge in [0.05, 0.1) is 16.6 Å². The lowest BCUT2D eigenvalue weighted by Gasteiger charge is -2.07. The molecule has 0 radical (unpaired) electrons. The molecule has 0 fully saturated rings. The molecule has 5 heteroatoms. The minimum absolute atomic E-state index is 0.0153. The number of benzene rings is 1. The quantitative estimate of drug-likeness (QED) is 0.799. The molecule has 1 heterocycles. The summed E-state index contributed by atoms with van der Waals surface area (Å²) in [6, 6.07) is 6.86. The number of anilines is 1. The average Bonchev–Trinajstić information content (AvgIpc) is 2.75. The smallest absolute Gasteiger partial charge is 0.160 e. The van der Waals surface area contributed by atoms with E-state index in [1.807, 2.05) is 18.3 Å². The molecule has 0 saturated carbocycles. The molecule has 0 amide bonds. The Morgan fingerprint density at radius 3 is 2.50 bits per heavy atom. The predicted octanol–water partition coefficient (Wildman–Crippen LogP) is 4.07. The maximum Gasteiger partial charge on any atom is 0.160 e. The fourth-order valence-corrected chi connectivity index (χ4v) is 1.82. The van der Waals surface area contributed by atoms with Gasteiger partial charge in [-0.3, -0.25) is 0 Å². The fraction of sp³-hybridized carbons (Fsp3) is 0.0909. The molecule has 0 saturated heterocycles. The maximum absolute atomic E-state index is 13.1. The van der Waals surface area contributed by atoms with Crippen LogP contribution in [0.1, 0.15) is 5.69 Å². The zero-order valence-electron chi connectivity index (χ0n) is 8.23. The van der Waals surface area contributed by atoms with E-state index in [4.69, 9.17) is 23.2 Å². The first-order chi connectivity index (χ1) is 7.66. The molecular weight excluding hydrogens is 250 g/mol. The highest BCUT2D eigenvalue weighted by Crippen LogP contribution is 2.27. The summed E-state index contributed by atoms with van der Waals surface area (Å²) in [6.07, 6.45) is 1.83. The molecular formula is C11H9Cl2FN2. The number of nitrogens with one attached hydrogen (secondary N) is 2. The topological polar surface area (TPSA) is 27.8 Å². The highest BCUT2D eigenvalue weighted by Gasteiger charge is 2.07. The van der Waals surface area contributed by atoms with Crippen LogP contribution in [0.25, 0.3) is 0 Å². The van der Waals surface area contributed by atoms with Crippen molar-refractivity contribution in [3.63, 3.8) is 0 Å². The van der Waals surface area contributed by atoms with Crippen molar-refractivity contribution >= 4 is 28.9 Å². The van der Waals surface area contributed by atoms with Crippen LogP contribution in [0, 0.1) is 5.82 Å². The second kappa shape index (κ2) is 4.76. The van der Waals surface area contributed by atoms with E-state index in [1.165, 1.54) is 12.1 Å². The van der Waals surface area contributed by atoms with E-state index in [-0.39, 0.29) is 10.0 Å². The monoisotopic (exact) mass is 258 g/mol. The lowest BCUT2D eigenvalue weighted by Crippen LogP contribution is -2.00. The molecule has 1 aromatic heterocycles. The molecule has 0 aliphatic carbocycles. The van der Waals surface area contributed by atoms with Gasteiger partial charge in [-0.25, -0.2) is 4.39 Å². The van der Waals surface area contributed by atoms with E-state index in [0.29, 0.717) is 12.2 Å². The molecule has 2 rings (SSSR count). The van der Waals surface area contributed by atoms with Gasteiger partial charge in [-0.15, -0.1) is 0 Å². The molecule has 0 unspecified atom stereocenters. The van der Waals surface area contributed by atoms with Crippen LogP contribution in [0.15, 0.2) is 30.5 Å². The number of rotatable bonds is 3. The van der Waals surface area contributed by atoms with Gasteiger partial charge in [0.25, 0.3) is 0 Å². The van der Waals surface area contributed by atoms with Crippen molar-refractivity contribution < 1.29 is 4.39 Å². The molecule has 1 aromatic carbocycles. The van der Waals surface area contributed by atoms with Crippen LogP contribution in [0.4, 0.5) is 10.1 Å². The molecule has 0 bridgehead atoms. The van der Waals surface area contributed by atoms with Crippen LogP contribution in [0.2, 0.25) is 10.0 Å². The second-order valence-electron chi connectivity index (χ2n) is 3.30. The number of halogens is 3. The second-order valence-corrected chi connectivity index (χ2v) is 4.12. The first-order valence-electron chi connectivity index (χ1n) is 4.67. The summed E-state index contributed by atoms with van der Waals surface area (Å²) in [4.78, 5) is 3.05. The van der Waals surface area contributed by atoms with Crippen molar-refractivity contribution in [3.05, 3.63) is 52.0 Å². The molecule has 2 aromatic rings. The summed E-state index contributed by atoms with van der Waals surface area (Å²) >= 11 is 11.3. The predicted molar refractivity (Wildman–Crippen MR) is 64.5 cm³/mol. The van der Waals surface area contributed by atoms with Gasteiger partial charge in [0, 0.05) is 17.6 Å². The van der Waals surface area contributed by atoms with Crippen molar-refractivity contribution in [2.75, 3.05) is 5.32 Å². The third kappa shape index (κ3) is 2.49. The SMILES string of the molecule is Fc1c(Cl)cc(NCc2ccc[nH]2)cc1Cl. The van der Waals surface area contributed by atoms with Crippen LogP contribution in [0.5, 0.6) is 0 Å². The Hall–Kier alpha value is -1.19. The standard InChI is InChI=1S/C11H9Cl2FN2/c12-9-4-8(5-10(13)11(9)14)16-6-7-2-1-3-15-7/h1-5,15-16H,6H2. The summed E-state index contributed by atoms with van der Waals surface area (Å²) in [7, 11) is 0. The van der Waals surface area contributed by atoms with Crippen LogP contribution >= 0.6 is 23.2 Å². The van der Waals surface area contributed by atoms with Gasteiger partial charge in [-0.05, 0) is 24.3 Å². The Morgan fingerprint density at radius 1 is 1.25 bits per heavy atom. The fourth-order valence-electron chi connectivity index (χ4n) is 1.33. The first kappa shape index (κ1) is 11.3. The summed E-state index contributed by atoms with van der Waals surface area (Å²) < 4.78 is 13.1. The van der Waals surface area contributed by atoms with Crippen LogP contribution in [0.3, 0.4) is 0 Å². The van der Waals surface area contributed by atoms with Gasteiger partial charge in [-0.2, -0.15) is 0 Å². The highest BCUT2D eigenvalue weighted by atomic mass is 35.5. The largest absolute Gasteiger partial charge is 0.379 e. The van der Waals surface area contributed by atoms with Gasteiger partial charge in [0.2, 0.25) is 0 Å². The lowest BCUT2D eigenvalue weighted by molar-refractivity contribution is 0.629. The average molecular weight is 259 g/mol. The third-order valence-corrected chi connectivity index (χ3v) is 2.68. The van der Waals surface area contributed by atoms with Gasteiger partial charge >= 0.3 is 0 Å². The maximum atomic E-state index is 13.1. The number of H-pyrrole nitrogens is 1. The summed E-state index contributed by atoms with van der Waals surface area (Å²) in [5, 5.41) is 3.12. The van der Waals surface area contributed by atoms with Gasteiger partial charge in [0.1, 0.15) is 0 Å². The minimum Gasteiger partial charge on any atom is -0.379 e. The Bertz CT molecular complexity index is 460. The summed E-state index contributed by atoms with van der Waals surface area (Å²) in [6.45, 7) is 0.602. The third-order valence-electron chi connectivity index (χ3n) is 2.13. The number of aromatic amines is 1. The molecule has 2 N–H and O–H groups in total. The molecule has 0 atom stereocenters. The Labute approximate surface area is 102 Å². The van der Waals surface area contributed by atoms with E-state index in [0.717, 1.165) is 5.69 Å². The molecule has 0 aliphatic rings. The molecule has 0 aliphatic heterocycles. The summed E-state index contributed by atoms with van der Waals surface area (Å²) in [5.41, 5.74) is 1.71. The van der Waals surface area contributed by atoms with Crippen LogP contribution < -0.4 is 5.32 Å². The zero-order chi connectivity index (χ0) is 11.5.